The van der Waals surface area contributed by atoms with E-state index >= 15 is 0 Å². The van der Waals surface area contributed by atoms with Crippen LogP contribution < -0.4 is 14.0 Å². The molecule has 3 N–H and O–H groups in total. The normalized spacial score (nSPS) is 8.57. The topological polar surface area (TPSA) is 121 Å². The van der Waals surface area contributed by atoms with Crippen LogP contribution >= 0.6 is 0 Å². The first kappa shape index (κ1) is 15.7. The summed E-state index contributed by atoms with van der Waals surface area (Å²) in [6.07, 6.45) is 0. The van der Waals surface area contributed by atoms with Crippen LogP contribution in [0.5, 0.6) is 0 Å². The van der Waals surface area contributed by atoms with Gasteiger partial charge in [-0.1, -0.05) is 0 Å². The minimum absolute atomic E-state index is 0. The van der Waals surface area contributed by atoms with Gasteiger partial charge in [0.1, 0.15) is 0 Å². The van der Waals surface area contributed by atoms with Gasteiger partial charge in [-0.3, -0.25) is 0 Å². The van der Waals surface area contributed by atoms with E-state index in [-0.39, 0.29) is 28.5 Å². The largest absolute Gasteiger partial charge is 0.412 e. The van der Waals surface area contributed by atoms with Crippen molar-refractivity contribution in [3.63, 3.8) is 0 Å². The van der Waals surface area contributed by atoms with Crippen molar-refractivity contribution in [2.24, 2.45) is 0 Å². The molecule has 44 valence electrons. The molecular formula is H5ClMgO5. The Balaban J connectivity index is -0.0000000800. The standard InChI is InChI=1S/ClHO4.Mg.H2O.2H/c2-1(3,4)5;;;;/h(H,2,3,4,5);;1H2;;. The van der Waals surface area contributed by atoms with E-state index < -0.39 is 10.2 Å². The van der Waals surface area contributed by atoms with Crippen molar-refractivity contribution >= 4 is 23.1 Å². The molecule has 0 atom stereocenters. The van der Waals surface area contributed by atoms with E-state index in [1.54, 1.807) is 0 Å². The van der Waals surface area contributed by atoms with E-state index in [1.165, 1.54) is 0 Å². The number of rotatable bonds is 0. The lowest BCUT2D eigenvalue weighted by molar-refractivity contribution is -1.92. The van der Waals surface area contributed by atoms with Crippen LogP contribution in [0.25, 0.3) is 0 Å². The summed E-state index contributed by atoms with van der Waals surface area (Å²) in [4.78, 5) is 0. The van der Waals surface area contributed by atoms with Gasteiger partial charge >= 0.3 is 23.1 Å². The third-order valence-corrected chi connectivity index (χ3v) is 0. The zero-order valence-corrected chi connectivity index (χ0v) is 3.31. The minimum Gasteiger partial charge on any atom is -0.412 e. The Kier molecular flexibility index (Phi) is 11.2. The van der Waals surface area contributed by atoms with E-state index in [0.717, 1.165) is 0 Å². The molecule has 0 amide bonds. The second-order valence-corrected chi connectivity index (χ2v) is 1.19. The van der Waals surface area contributed by atoms with Gasteiger partial charge < -0.3 is 5.48 Å². The minimum atomic E-state index is -4.69. The maximum Gasteiger partial charge on any atom is 0.316 e. The van der Waals surface area contributed by atoms with Crippen molar-refractivity contribution in [3.05, 3.63) is 0 Å². The van der Waals surface area contributed by atoms with Gasteiger partial charge in [0.25, 0.3) is 0 Å². The molecule has 0 aromatic carbocycles. The summed E-state index contributed by atoms with van der Waals surface area (Å²) in [5.74, 6) is 0. The molecular weight excluding hydrogens is 140 g/mol. The highest BCUT2D eigenvalue weighted by molar-refractivity contribution is 5.75. The smallest absolute Gasteiger partial charge is 0.316 e. The number of hydrogen-bond donors (Lipinski definition) is 1. The predicted molar refractivity (Wildman–Crippen MR) is 14.4 cm³/mol. The molecule has 0 heterocycles. The first-order chi connectivity index (χ1) is 2.00. The molecule has 0 unspecified atom stereocenters. The Labute approximate surface area is 57.8 Å². The molecule has 0 aliphatic rings. The molecule has 7 heavy (non-hydrogen) atoms. The zero-order chi connectivity index (χ0) is 4.50. The summed E-state index contributed by atoms with van der Waals surface area (Å²) in [5, 5.41) is 0. The van der Waals surface area contributed by atoms with E-state index in [1.807, 2.05) is 0 Å². The summed E-state index contributed by atoms with van der Waals surface area (Å²) in [6.45, 7) is 0. The fourth-order valence-corrected chi connectivity index (χ4v) is 0. The van der Waals surface area contributed by atoms with Crippen LogP contribution in [-0.4, -0.2) is 33.2 Å². The van der Waals surface area contributed by atoms with Gasteiger partial charge in [-0.25, -0.2) is 0 Å². The molecule has 0 bridgehead atoms. The summed E-state index contributed by atoms with van der Waals surface area (Å²) >= 11 is 0. The van der Waals surface area contributed by atoms with Gasteiger partial charge in [0.2, 0.25) is 0 Å². The summed E-state index contributed by atoms with van der Waals surface area (Å²) in [5.41, 5.74) is 0. The molecule has 0 rings (SSSR count). The van der Waals surface area contributed by atoms with Gasteiger partial charge in [-0.05, 0) is 0 Å². The lowest BCUT2D eigenvalue weighted by atomic mass is 15.8. The fourth-order valence-electron chi connectivity index (χ4n) is 0. The second-order valence-electron chi connectivity index (χ2n) is 0.396. The van der Waals surface area contributed by atoms with Gasteiger partial charge in [0.05, 0.1) is 14.9 Å². The van der Waals surface area contributed by atoms with E-state index in [2.05, 4.69) is 0 Å². The van der Waals surface area contributed by atoms with Crippen molar-refractivity contribution < 1.29 is 34.4 Å². The average molecular weight is 145 g/mol. The second kappa shape index (κ2) is 5.00. The van der Waals surface area contributed by atoms with Crippen molar-refractivity contribution in [1.29, 1.82) is 0 Å². The summed E-state index contributed by atoms with van der Waals surface area (Å²) < 4.78 is 32.7. The van der Waals surface area contributed by atoms with Crippen LogP contribution in [0.15, 0.2) is 0 Å². The van der Waals surface area contributed by atoms with Crippen LogP contribution in [0.3, 0.4) is 0 Å². The Morgan fingerprint density at radius 3 is 1.14 bits per heavy atom. The molecule has 0 saturated carbocycles. The molecule has 0 aromatic rings. The highest BCUT2D eigenvalue weighted by Crippen LogP contribution is 1.60. The summed E-state index contributed by atoms with van der Waals surface area (Å²) in [6, 6.07) is 0. The third kappa shape index (κ3) is 221. The first-order valence-corrected chi connectivity index (χ1v) is 1.90. The molecule has 0 aromatic heterocycles. The Bertz CT molecular complexity index is 23.6. The van der Waals surface area contributed by atoms with Crippen molar-refractivity contribution in [2.75, 3.05) is 0 Å². The lowest BCUT2D eigenvalue weighted by Crippen LogP contribution is -2.58. The lowest BCUT2D eigenvalue weighted by Gasteiger charge is -2.03. The van der Waals surface area contributed by atoms with Gasteiger partial charge in [0.15, 0.2) is 0 Å². The number of hydrogen-bond acceptors (Lipinski definition) is 4. The highest BCUT2D eigenvalue weighted by atomic mass is 35.7. The van der Waals surface area contributed by atoms with Crippen LogP contribution in [0.2, 0.25) is 0 Å². The zero-order valence-electron chi connectivity index (χ0n) is 2.55. The van der Waals surface area contributed by atoms with Gasteiger partial charge in [-0.2, -0.15) is 14.0 Å². The molecule has 0 radical (unpaired) electrons. The molecule has 5 nitrogen and oxygen atoms in total. The molecule has 0 fully saturated rings. The Morgan fingerprint density at radius 2 is 1.14 bits per heavy atom. The predicted octanol–water partition coefficient (Wildman–Crippen LogP) is -5.86. The Hall–Kier alpha value is 0.856. The molecule has 0 aliphatic heterocycles. The number of halogens is 1. The monoisotopic (exact) mass is 144 g/mol. The van der Waals surface area contributed by atoms with Crippen LogP contribution in [0.4, 0.5) is 0 Å². The molecule has 0 spiro atoms. The van der Waals surface area contributed by atoms with Crippen LogP contribution in [0, 0.1) is 10.2 Å². The maximum atomic E-state index is 8.60. The highest BCUT2D eigenvalue weighted by Gasteiger charge is 1.98. The SMILES string of the molecule is O.[MgH2].[O-][Cl+3]([O-])([O-])O. The van der Waals surface area contributed by atoms with Crippen molar-refractivity contribution in [3.8, 4) is 0 Å². The van der Waals surface area contributed by atoms with Gasteiger partial charge in [0, 0.05) is 0 Å². The van der Waals surface area contributed by atoms with E-state index in [9.17, 15) is 0 Å². The molecule has 0 saturated heterocycles. The average Bonchev–Trinajstić information content (AvgIpc) is 0.722. The summed E-state index contributed by atoms with van der Waals surface area (Å²) in [7, 11) is -4.69. The Morgan fingerprint density at radius 1 is 1.14 bits per heavy atom. The fraction of sp³-hybridized carbons (Fsp3) is 0. The van der Waals surface area contributed by atoms with E-state index in [4.69, 9.17) is 18.6 Å². The third-order valence-electron chi connectivity index (χ3n) is 0. The maximum absolute atomic E-state index is 8.60. The van der Waals surface area contributed by atoms with Crippen LogP contribution in [-0.2, 0) is 0 Å². The quantitative estimate of drug-likeness (QED) is 0.341. The molecule has 7 heteroatoms. The van der Waals surface area contributed by atoms with Crippen LogP contribution in [0.1, 0.15) is 0 Å². The van der Waals surface area contributed by atoms with Crippen molar-refractivity contribution in [1.82, 2.24) is 0 Å². The first-order valence-electron chi connectivity index (χ1n) is 0.632. The van der Waals surface area contributed by atoms with Crippen molar-refractivity contribution in [2.45, 2.75) is 0 Å². The molecule has 0 aliphatic carbocycles. The van der Waals surface area contributed by atoms with Gasteiger partial charge in [-0.15, -0.1) is 0 Å². The van der Waals surface area contributed by atoms with E-state index in [0.29, 0.717) is 0 Å².